The fourth-order valence-corrected chi connectivity index (χ4v) is 6.96. The minimum Gasteiger partial charge on any atom is -0.479 e. The van der Waals surface area contributed by atoms with E-state index in [9.17, 15) is 69.9 Å². The van der Waals surface area contributed by atoms with Gasteiger partial charge >= 0.3 is 18.0 Å². The molecule has 4 aliphatic heterocycles. The van der Waals surface area contributed by atoms with Gasteiger partial charge in [0.1, 0.15) is 73.7 Å². The Kier molecular flexibility index (Phi) is 15.8. The van der Waals surface area contributed by atoms with Crippen molar-refractivity contribution in [1.82, 2.24) is 16.1 Å². The number of ether oxygens (including phenoxy) is 8. The molecule has 4 saturated heterocycles. The lowest BCUT2D eigenvalue weighted by Crippen LogP contribution is -2.70. The Bertz CT molecular complexity index is 1430. The van der Waals surface area contributed by atoms with E-state index in [1.165, 1.54) is 13.8 Å². The molecule has 0 saturated carbocycles. The molecule has 0 aromatic carbocycles. The fraction of sp³-hybridized carbons (Fsp3) is 0.839. The minimum absolute atomic E-state index is 0.598. The molecular formula is C31H50N4O22. The number of carboxylic acids is 2. The molecular weight excluding hydrogens is 780 g/mol. The number of amides is 3. The summed E-state index contributed by atoms with van der Waals surface area (Å²) >= 11 is 0. The molecule has 26 heteroatoms. The van der Waals surface area contributed by atoms with Crippen molar-refractivity contribution >= 4 is 29.8 Å². The third-order valence-electron chi connectivity index (χ3n) is 9.89. The molecule has 20 atom stereocenters. The monoisotopic (exact) mass is 830 g/mol. The van der Waals surface area contributed by atoms with Crippen molar-refractivity contribution in [3.05, 3.63) is 0 Å². The van der Waals surface area contributed by atoms with Crippen molar-refractivity contribution in [3.8, 4) is 0 Å². The Morgan fingerprint density at radius 2 is 1.11 bits per heavy atom. The molecule has 3 amide bonds. The number of aliphatic hydroxyl groups excluding tert-OH is 7. The van der Waals surface area contributed by atoms with Crippen LogP contribution in [0.4, 0.5) is 4.79 Å². The second-order valence-corrected chi connectivity index (χ2v) is 13.9. The van der Waals surface area contributed by atoms with E-state index in [4.69, 9.17) is 43.7 Å². The highest BCUT2D eigenvalue weighted by molar-refractivity contribution is 5.74. The number of nitrogens with two attached hydrogens (primary N) is 1. The molecule has 4 rings (SSSR count). The van der Waals surface area contributed by atoms with Gasteiger partial charge < -0.3 is 94.5 Å². The van der Waals surface area contributed by atoms with Crippen LogP contribution in [-0.4, -0.2) is 205 Å². The number of carboxylic acid groups (broad SMARTS) is 2. The molecule has 8 unspecified atom stereocenters. The van der Waals surface area contributed by atoms with Gasteiger partial charge in [-0.1, -0.05) is 6.92 Å². The summed E-state index contributed by atoms with van der Waals surface area (Å²) in [4.78, 5) is 60.8. The second kappa shape index (κ2) is 19.5. The van der Waals surface area contributed by atoms with Crippen LogP contribution in [0, 0.1) is 5.92 Å². The molecule has 4 aliphatic rings. The van der Waals surface area contributed by atoms with E-state index < -0.39 is 165 Å². The average molecular weight is 831 g/mol. The Morgan fingerprint density at radius 1 is 0.614 bits per heavy atom. The summed E-state index contributed by atoms with van der Waals surface area (Å²) in [6.45, 7) is 3.31. The molecule has 0 aromatic heterocycles. The van der Waals surface area contributed by atoms with Crippen molar-refractivity contribution in [3.63, 3.8) is 0 Å². The Labute approximate surface area is 322 Å². The zero-order valence-corrected chi connectivity index (χ0v) is 30.9. The van der Waals surface area contributed by atoms with Crippen LogP contribution in [0.15, 0.2) is 0 Å². The van der Waals surface area contributed by atoms with Gasteiger partial charge in [0.2, 0.25) is 11.8 Å². The number of aliphatic carboxylic acids is 2. The molecule has 14 N–H and O–H groups in total. The number of carbonyl (C=O) groups is 5. The second-order valence-electron chi connectivity index (χ2n) is 13.9. The third-order valence-corrected chi connectivity index (χ3v) is 9.89. The van der Waals surface area contributed by atoms with E-state index in [1.54, 1.807) is 5.43 Å². The summed E-state index contributed by atoms with van der Waals surface area (Å²) in [6.07, 6.45) is -32.7. The summed E-state index contributed by atoms with van der Waals surface area (Å²) in [6, 6.07) is -2.93. The topological polar surface area (TPSA) is 403 Å². The van der Waals surface area contributed by atoms with Crippen LogP contribution in [-0.2, 0) is 57.1 Å². The summed E-state index contributed by atoms with van der Waals surface area (Å²) in [5, 5.41) is 101. The first-order valence-electron chi connectivity index (χ1n) is 17.6. The fourth-order valence-electron chi connectivity index (χ4n) is 6.96. The maximum atomic E-state index is 12.6. The zero-order valence-electron chi connectivity index (χ0n) is 30.9. The van der Waals surface area contributed by atoms with Crippen LogP contribution in [0.3, 0.4) is 0 Å². The van der Waals surface area contributed by atoms with Gasteiger partial charge in [-0.3, -0.25) is 15.0 Å². The minimum atomic E-state index is -2.27. The normalized spacial score (nSPS) is 43.6. The molecule has 4 fully saturated rings. The predicted molar refractivity (Wildman–Crippen MR) is 176 cm³/mol. The van der Waals surface area contributed by atoms with Crippen LogP contribution < -0.4 is 21.9 Å². The molecule has 0 radical (unpaired) electrons. The largest absolute Gasteiger partial charge is 0.479 e. The first-order chi connectivity index (χ1) is 26.7. The lowest BCUT2D eigenvalue weighted by atomic mass is 9.90. The predicted octanol–water partition coefficient (Wildman–Crippen LogP) is -7.32. The number of carbonyl (C=O) groups excluding carboxylic acids is 3. The van der Waals surface area contributed by atoms with E-state index in [-0.39, 0.29) is 0 Å². The van der Waals surface area contributed by atoms with Crippen LogP contribution in [0.25, 0.3) is 0 Å². The molecule has 0 aromatic rings. The molecule has 326 valence electrons. The van der Waals surface area contributed by atoms with Gasteiger partial charge in [-0.2, -0.15) is 0 Å². The number of aliphatic hydroxyl groups is 7. The SMILES string of the molecule is CC(=O)NC1[C@H](O[C@@H]2C(C(=O)O)O[C@@H](O[C@@H]3C(NC(C)=O)[C@H](C)OC(CO)[C@H]3O)C(O)[C@H]2O)OC(COC(=O)NN)[C@@H](O)[C@@H]1O[C@@H]1OC(C(=O)O)[C@@H](C)[C@H](O)C1O. The molecule has 26 nitrogen and oxygen atoms in total. The number of rotatable bonds is 13. The van der Waals surface area contributed by atoms with Crippen LogP contribution >= 0.6 is 0 Å². The highest BCUT2D eigenvalue weighted by Crippen LogP contribution is 2.35. The summed E-state index contributed by atoms with van der Waals surface area (Å²) in [7, 11) is 0. The number of nitrogens with one attached hydrogen (secondary N) is 3. The Balaban J connectivity index is 1.67. The smallest absolute Gasteiger partial charge is 0.421 e. The number of hydrogen-bond donors (Lipinski definition) is 13. The van der Waals surface area contributed by atoms with E-state index >= 15 is 0 Å². The van der Waals surface area contributed by atoms with Gasteiger partial charge in [0.25, 0.3) is 0 Å². The van der Waals surface area contributed by atoms with Crippen LogP contribution in [0.2, 0.25) is 0 Å². The molecule has 0 bridgehead atoms. The Hall–Kier alpha value is -3.45. The van der Waals surface area contributed by atoms with E-state index in [0.29, 0.717) is 0 Å². The van der Waals surface area contributed by atoms with Gasteiger partial charge in [-0.25, -0.2) is 20.2 Å². The molecule has 0 spiro atoms. The van der Waals surface area contributed by atoms with Crippen molar-refractivity contribution in [2.75, 3.05) is 13.2 Å². The highest BCUT2D eigenvalue weighted by Gasteiger charge is 2.57. The van der Waals surface area contributed by atoms with E-state index in [1.807, 2.05) is 0 Å². The average Bonchev–Trinajstić information content (AvgIpc) is 3.14. The van der Waals surface area contributed by atoms with Gasteiger partial charge in [0.15, 0.2) is 31.1 Å². The van der Waals surface area contributed by atoms with Gasteiger partial charge in [0, 0.05) is 19.8 Å². The van der Waals surface area contributed by atoms with Gasteiger partial charge in [0.05, 0.1) is 24.9 Å². The lowest BCUT2D eigenvalue weighted by molar-refractivity contribution is -0.365. The molecule has 57 heavy (non-hydrogen) atoms. The van der Waals surface area contributed by atoms with Crippen molar-refractivity contribution in [1.29, 1.82) is 0 Å². The van der Waals surface area contributed by atoms with Crippen molar-refractivity contribution in [2.45, 2.75) is 144 Å². The summed E-state index contributed by atoms with van der Waals surface area (Å²) in [5.41, 5.74) is 1.66. The first kappa shape index (κ1) is 46.2. The standard InChI is InChI=1S/C31H50N4O22/c1-7-15(39)19(43)29(53-21(7)26(45)46)55-23-14(34-10(4)38)28(52-12(17(23)41)6-50-31(49)35-32)56-24-18(42)20(44)30(57-25(24)27(47)48)54-22-13(33-9(3)37)8(2)51-11(5-36)16(22)40/h7-8,11-25,28-30,36,39-44H,5-6,32H2,1-4H3,(H,33,37)(H,34,38)(H,35,49)(H,45,46)(H,47,48)/t7-,8-,11?,12?,13?,14?,15-,16+,17+,18+,19?,20?,21?,22+,23+,24-,25?,28-,29-,30+/m0/s1. The van der Waals surface area contributed by atoms with Crippen molar-refractivity contribution < 1.29 is 108 Å². The van der Waals surface area contributed by atoms with Crippen molar-refractivity contribution in [2.24, 2.45) is 11.8 Å². The quantitative estimate of drug-likeness (QED) is 0.0466. The molecule has 4 heterocycles. The van der Waals surface area contributed by atoms with Crippen LogP contribution in [0.1, 0.15) is 27.7 Å². The summed E-state index contributed by atoms with van der Waals surface area (Å²) in [5.74, 6) is -0.952. The maximum Gasteiger partial charge on any atom is 0.421 e. The van der Waals surface area contributed by atoms with Gasteiger partial charge in [-0.05, 0) is 6.92 Å². The lowest BCUT2D eigenvalue weighted by Gasteiger charge is -2.50. The zero-order chi connectivity index (χ0) is 42.6. The molecule has 0 aliphatic carbocycles. The van der Waals surface area contributed by atoms with E-state index in [2.05, 4.69) is 10.6 Å². The number of hydrazine groups is 1. The van der Waals surface area contributed by atoms with Gasteiger partial charge in [-0.15, -0.1) is 0 Å². The maximum absolute atomic E-state index is 12.6. The van der Waals surface area contributed by atoms with Crippen LogP contribution in [0.5, 0.6) is 0 Å². The Morgan fingerprint density at radius 3 is 1.63 bits per heavy atom. The highest BCUT2D eigenvalue weighted by atomic mass is 16.8. The number of hydrogen-bond acceptors (Lipinski definition) is 21. The third kappa shape index (κ3) is 10.4. The first-order valence-corrected chi connectivity index (χ1v) is 17.6. The summed E-state index contributed by atoms with van der Waals surface area (Å²) < 4.78 is 44.5. The van der Waals surface area contributed by atoms with E-state index in [0.717, 1.165) is 13.8 Å².